The maximum Gasteiger partial charge on any atom is 0.259 e. The van der Waals surface area contributed by atoms with E-state index in [1.807, 2.05) is 72.8 Å². The topological polar surface area (TPSA) is 49.4 Å². The van der Waals surface area contributed by atoms with Crippen LogP contribution in [0.1, 0.15) is 21.5 Å². The van der Waals surface area contributed by atoms with E-state index in [4.69, 9.17) is 0 Å². The van der Waals surface area contributed by atoms with Crippen LogP contribution in [0.25, 0.3) is 0 Å². The van der Waals surface area contributed by atoms with Crippen molar-refractivity contribution in [2.75, 3.05) is 11.4 Å². The molecule has 1 N–H and O–H groups in total. The van der Waals surface area contributed by atoms with Crippen LogP contribution in [0.5, 0.6) is 0 Å². The number of hydrogen-bond acceptors (Lipinski definition) is 2. The van der Waals surface area contributed by atoms with Gasteiger partial charge in [-0.15, -0.1) is 0 Å². The molecule has 0 saturated carbocycles. The molecule has 0 radical (unpaired) electrons. The molecule has 1 atom stereocenters. The molecule has 1 aliphatic heterocycles. The fourth-order valence-corrected chi connectivity index (χ4v) is 3.66. The summed E-state index contributed by atoms with van der Waals surface area (Å²) in [5.74, 6) is -0.259. The molecule has 1 unspecified atom stereocenters. The Morgan fingerprint density at radius 1 is 0.857 bits per heavy atom. The molecular formula is C24H22N2O2. The Morgan fingerprint density at radius 2 is 1.50 bits per heavy atom. The van der Waals surface area contributed by atoms with Crippen LogP contribution in [0.2, 0.25) is 0 Å². The van der Waals surface area contributed by atoms with Gasteiger partial charge in [0, 0.05) is 24.2 Å². The van der Waals surface area contributed by atoms with Crippen molar-refractivity contribution < 1.29 is 9.59 Å². The van der Waals surface area contributed by atoms with Gasteiger partial charge in [-0.25, -0.2) is 0 Å². The lowest BCUT2D eigenvalue weighted by molar-refractivity contribution is -0.122. The smallest absolute Gasteiger partial charge is 0.259 e. The van der Waals surface area contributed by atoms with Crippen molar-refractivity contribution >= 4 is 17.5 Å². The van der Waals surface area contributed by atoms with Crippen LogP contribution >= 0.6 is 0 Å². The van der Waals surface area contributed by atoms with Crippen molar-refractivity contribution in [2.45, 2.75) is 18.9 Å². The minimum Gasteiger partial charge on any atom is -0.354 e. The van der Waals surface area contributed by atoms with Crippen LogP contribution in [0, 0.1) is 0 Å². The van der Waals surface area contributed by atoms with Gasteiger partial charge in [-0.05, 0) is 35.7 Å². The first-order valence-electron chi connectivity index (χ1n) is 9.52. The lowest BCUT2D eigenvalue weighted by Crippen LogP contribution is -2.48. The van der Waals surface area contributed by atoms with Gasteiger partial charge in [0.25, 0.3) is 5.91 Å². The summed E-state index contributed by atoms with van der Waals surface area (Å²) in [6, 6.07) is 26.4. The van der Waals surface area contributed by atoms with E-state index < -0.39 is 6.04 Å². The van der Waals surface area contributed by atoms with Crippen LogP contribution < -0.4 is 10.2 Å². The molecule has 0 aromatic heterocycles. The highest BCUT2D eigenvalue weighted by Gasteiger charge is 2.38. The number of nitrogens with zero attached hydrogens (tertiary/aromatic N) is 1. The van der Waals surface area contributed by atoms with Crippen LogP contribution in [0.3, 0.4) is 0 Å². The van der Waals surface area contributed by atoms with Crippen LogP contribution in [-0.4, -0.2) is 24.4 Å². The predicted octanol–water partition coefficient (Wildman–Crippen LogP) is 3.62. The number of benzene rings is 3. The summed E-state index contributed by atoms with van der Waals surface area (Å²) in [7, 11) is 0. The molecular weight excluding hydrogens is 348 g/mol. The number of rotatable bonds is 5. The Morgan fingerprint density at radius 3 is 2.25 bits per heavy atom. The van der Waals surface area contributed by atoms with E-state index in [0.29, 0.717) is 18.5 Å². The van der Waals surface area contributed by atoms with Crippen molar-refractivity contribution in [3.05, 3.63) is 102 Å². The highest BCUT2D eigenvalue weighted by atomic mass is 16.2. The average Bonchev–Trinajstić information content (AvgIpc) is 3.14. The minimum absolute atomic E-state index is 0.114. The summed E-state index contributed by atoms with van der Waals surface area (Å²) in [5.41, 5.74) is 3.60. The molecule has 4 rings (SSSR count). The molecule has 3 aromatic rings. The summed E-state index contributed by atoms with van der Waals surface area (Å²) in [6.45, 7) is 0.545. The number of anilines is 1. The average molecular weight is 370 g/mol. The number of carbonyl (C=O) groups excluding carboxylic acids is 2. The first-order valence-corrected chi connectivity index (χ1v) is 9.52. The van der Waals surface area contributed by atoms with Crippen LogP contribution in [0.4, 0.5) is 5.69 Å². The highest BCUT2D eigenvalue weighted by Crippen LogP contribution is 2.33. The van der Waals surface area contributed by atoms with Gasteiger partial charge in [0.2, 0.25) is 5.91 Å². The van der Waals surface area contributed by atoms with Crippen molar-refractivity contribution in [3.8, 4) is 0 Å². The Bertz CT molecular complexity index is 970. The van der Waals surface area contributed by atoms with E-state index in [1.165, 1.54) is 5.56 Å². The van der Waals surface area contributed by atoms with Gasteiger partial charge in [-0.1, -0.05) is 66.7 Å². The fourth-order valence-electron chi connectivity index (χ4n) is 3.66. The minimum atomic E-state index is -0.527. The molecule has 3 aromatic carbocycles. The number of hydrogen-bond donors (Lipinski definition) is 1. The summed E-state index contributed by atoms with van der Waals surface area (Å²) in [5, 5.41) is 3.01. The zero-order valence-corrected chi connectivity index (χ0v) is 15.5. The third-order valence-electron chi connectivity index (χ3n) is 5.07. The van der Waals surface area contributed by atoms with Gasteiger partial charge in [-0.3, -0.25) is 14.5 Å². The lowest BCUT2D eigenvalue weighted by atomic mass is 10.1. The second-order valence-electron chi connectivity index (χ2n) is 6.92. The molecule has 2 amide bonds. The Balaban J connectivity index is 1.51. The van der Waals surface area contributed by atoms with Gasteiger partial charge in [0.05, 0.1) is 0 Å². The largest absolute Gasteiger partial charge is 0.354 e. The van der Waals surface area contributed by atoms with Gasteiger partial charge in [0.1, 0.15) is 6.04 Å². The van der Waals surface area contributed by atoms with E-state index >= 15 is 0 Å². The van der Waals surface area contributed by atoms with Gasteiger partial charge < -0.3 is 5.32 Å². The second kappa shape index (κ2) is 8.09. The van der Waals surface area contributed by atoms with E-state index in [2.05, 4.69) is 5.32 Å². The summed E-state index contributed by atoms with van der Waals surface area (Å²) >= 11 is 0. The third-order valence-corrected chi connectivity index (χ3v) is 5.07. The fraction of sp³-hybridized carbons (Fsp3) is 0.167. The standard InChI is InChI=1S/C24H22N2O2/c27-23(25-16-15-18-9-3-1-4-10-18)22-17-20-13-7-8-14-21(20)26(22)24(28)19-11-5-2-6-12-19/h1-14,22H,15-17H2,(H,25,27). The van der Waals surface area contributed by atoms with Gasteiger partial charge in [-0.2, -0.15) is 0 Å². The lowest BCUT2D eigenvalue weighted by Gasteiger charge is -2.25. The predicted molar refractivity (Wildman–Crippen MR) is 110 cm³/mol. The second-order valence-corrected chi connectivity index (χ2v) is 6.92. The van der Waals surface area contributed by atoms with E-state index in [-0.39, 0.29) is 11.8 Å². The highest BCUT2D eigenvalue weighted by molar-refractivity contribution is 6.11. The van der Waals surface area contributed by atoms with Gasteiger partial charge >= 0.3 is 0 Å². The zero-order chi connectivity index (χ0) is 19.3. The van der Waals surface area contributed by atoms with E-state index in [1.54, 1.807) is 17.0 Å². The van der Waals surface area contributed by atoms with Crippen LogP contribution in [-0.2, 0) is 17.6 Å². The van der Waals surface area contributed by atoms with E-state index in [9.17, 15) is 9.59 Å². The van der Waals surface area contributed by atoms with Crippen LogP contribution in [0.15, 0.2) is 84.9 Å². The molecule has 0 fully saturated rings. The summed E-state index contributed by atoms with van der Waals surface area (Å²) in [6.07, 6.45) is 1.30. The van der Waals surface area contributed by atoms with Crippen molar-refractivity contribution in [1.82, 2.24) is 5.32 Å². The van der Waals surface area contributed by atoms with Crippen molar-refractivity contribution in [2.24, 2.45) is 0 Å². The normalized spacial score (nSPS) is 15.1. The number of carbonyl (C=O) groups is 2. The molecule has 0 bridgehead atoms. The molecule has 1 heterocycles. The van der Waals surface area contributed by atoms with E-state index in [0.717, 1.165) is 17.7 Å². The molecule has 0 spiro atoms. The molecule has 1 aliphatic rings. The Labute approximate surface area is 164 Å². The summed E-state index contributed by atoms with van der Waals surface area (Å²) < 4.78 is 0. The third kappa shape index (κ3) is 3.67. The van der Waals surface area contributed by atoms with Crippen molar-refractivity contribution in [3.63, 3.8) is 0 Å². The first-order chi connectivity index (χ1) is 13.7. The maximum atomic E-state index is 13.2. The first kappa shape index (κ1) is 18.0. The number of fused-ring (bicyclic) bond motifs is 1. The summed E-state index contributed by atoms with van der Waals surface area (Å²) in [4.78, 5) is 27.8. The molecule has 4 nitrogen and oxygen atoms in total. The maximum absolute atomic E-state index is 13.2. The Hall–Kier alpha value is -3.40. The quantitative estimate of drug-likeness (QED) is 0.746. The molecule has 4 heteroatoms. The zero-order valence-electron chi connectivity index (χ0n) is 15.5. The van der Waals surface area contributed by atoms with Gasteiger partial charge in [0.15, 0.2) is 0 Å². The number of amides is 2. The van der Waals surface area contributed by atoms with Crippen molar-refractivity contribution in [1.29, 1.82) is 0 Å². The monoisotopic (exact) mass is 370 g/mol. The molecule has 140 valence electrons. The number of nitrogens with one attached hydrogen (secondary N) is 1. The SMILES string of the molecule is O=C(NCCc1ccccc1)C1Cc2ccccc2N1C(=O)c1ccccc1. The molecule has 0 saturated heterocycles. The Kier molecular flexibility index (Phi) is 5.20. The molecule has 28 heavy (non-hydrogen) atoms. The molecule has 0 aliphatic carbocycles. The number of para-hydroxylation sites is 1.